The number of nitrogens with zero attached hydrogens (tertiary/aromatic N) is 4. The molecular weight excluding hydrogens is 338 g/mol. The van der Waals surface area contributed by atoms with Crippen LogP contribution in [0.5, 0.6) is 0 Å². The molecule has 0 aliphatic carbocycles. The molecule has 0 bridgehead atoms. The number of aromatic nitrogens is 4. The van der Waals surface area contributed by atoms with Crippen molar-refractivity contribution in [2.45, 2.75) is 31.1 Å². The van der Waals surface area contributed by atoms with E-state index in [1.54, 1.807) is 0 Å². The van der Waals surface area contributed by atoms with E-state index in [-0.39, 0.29) is 6.61 Å². The maximum Gasteiger partial charge on any atom is 0.167 e. The Kier molecular flexibility index (Phi) is 4.51. The van der Waals surface area contributed by atoms with Gasteiger partial charge >= 0.3 is 0 Å². The molecule has 0 spiro atoms. The van der Waals surface area contributed by atoms with Crippen LogP contribution < -0.4 is 5.32 Å². The highest BCUT2D eigenvalue weighted by molar-refractivity contribution is 5.82. The molecule has 0 saturated carbocycles. The fraction of sp³-hybridized carbons (Fsp3) is 0.353. The second kappa shape index (κ2) is 6.96. The van der Waals surface area contributed by atoms with Gasteiger partial charge < -0.3 is 25.4 Å². The summed E-state index contributed by atoms with van der Waals surface area (Å²) in [7, 11) is 0. The van der Waals surface area contributed by atoms with E-state index in [1.165, 1.54) is 17.2 Å². The van der Waals surface area contributed by atoms with Gasteiger partial charge in [-0.25, -0.2) is 15.0 Å². The third-order valence-corrected chi connectivity index (χ3v) is 4.45. The van der Waals surface area contributed by atoms with Crippen LogP contribution in [0.1, 0.15) is 11.8 Å². The number of anilines is 1. The molecule has 1 fully saturated rings. The van der Waals surface area contributed by atoms with Crippen LogP contribution in [0, 0.1) is 0 Å². The van der Waals surface area contributed by atoms with Gasteiger partial charge in [-0.2, -0.15) is 0 Å². The molecule has 9 heteroatoms. The Morgan fingerprint density at radius 2 is 1.88 bits per heavy atom. The van der Waals surface area contributed by atoms with Crippen LogP contribution in [-0.2, 0) is 11.3 Å². The van der Waals surface area contributed by atoms with E-state index in [9.17, 15) is 15.3 Å². The van der Waals surface area contributed by atoms with Gasteiger partial charge in [0.25, 0.3) is 0 Å². The van der Waals surface area contributed by atoms with Crippen molar-refractivity contribution < 1.29 is 20.1 Å². The molecule has 0 radical (unpaired) electrons. The van der Waals surface area contributed by atoms with Crippen LogP contribution in [0.2, 0.25) is 0 Å². The summed E-state index contributed by atoms with van der Waals surface area (Å²) in [6.45, 7) is 0.188. The third kappa shape index (κ3) is 2.90. The molecule has 136 valence electrons. The number of aliphatic hydroxyl groups is 3. The summed E-state index contributed by atoms with van der Waals surface area (Å²) in [5.41, 5.74) is 2.09. The highest BCUT2D eigenvalue weighted by Crippen LogP contribution is 2.32. The minimum Gasteiger partial charge on any atom is -0.394 e. The fourth-order valence-corrected chi connectivity index (χ4v) is 3.06. The smallest absolute Gasteiger partial charge is 0.167 e. The Balaban J connectivity index is 1.61. The molecule has 1 aliphatic rings. The average Bonchev–Trinajstić information content (AvgIpc) is 3.23. The second-order valence-electron chi connectivity index (χ2n) is 6.11. The molecule has 2 aromatic heterocycles. The lowest BCUT2D eigenvalue weighted by molar-refractivity contribution is -0.0511. The Bertz CT molecular complexity index is 887. The van der Waals surface area contributed by atoms with Crippen molar-refractivity contribution in [3.63, 3.8) is 0 Å². The number of nitrogens with one attached hydrogen (secondary N) is 1. The first kappa shape index (κ1) is 16.9. The first-order chi connectivity index (χ1) is 12.7. The van der Waals surface area contributed by atoms with Crippen molar-refractivity contribution in [1.82, 2.24) is 19.5 Å². The lowest BCUT2D eigenvalue weighted by atomic mass is 10.1. The minimum absolute atomic E-state index is 0.389. The van der Waals surface area contributed by atoms with E-state index in [0.29, 0.717) is 23.5 Å². The van der Waals surface area contributed by atoms with E-state index in [4.69, 9.17) is 4.74 Å². The topological polar surface area (TPSA) is 126 Å². The van der Waals surface area contributed by atoms with Crippen LogP contribution in [0.4, 0.5) is 5.82 Å². The molecule has 1 aromatic carbocycles. The zero-order valence-electron chi connectivity index (χ0n) is 13.8. The first-order valence-corrected chi connectivity index (χ1v) is 8.27. The van der Waals surface area contributed by atoms with Crippen molar-refractivity contribution >= 4 is 17.0 Å². The summed E-state index contributed by atoms with van der Waals surface area (Å²) >= 11 is 0. The van der Waals surface area contributed by atoms with Crippen molar-refractivity contribution in [3.05, 3.63) is 48.5 Å². The van der Waals surface area contributed by atoms with E-state index in [2.05, 4.69) is 20.3 Å². The Labute approximate surface area is 148 Å². The predicted molar refractivity (Wildman–Crippen MR) is 92.1 cm³/mol. The number of rotatable bonds is 5. The second-order valence-corrected chi connectivity index (χ2v) is 6.11. The summed E-state index contributed by atoms with van der Waals surface area (Å²) in [4.78, 5) is 12.8. The van der Waals surface area contributed by atoms with Gasteiger partial charge in [0, 0.05) is 6.54 Å². The summed E-state index contributed by atoms with van der Waals surface area (Å²) in [5.74, 6) is 0.560. The highest BCUT2D eigenvalue weighted by Gasteiger charge is 2.44. The molecule has 1 aliphatic heterocycles. The fourth-order valence-electron chi connectivity index (χ4n) is 3.06. The van der Waals surface area contributed by atoms with Gasteiger partial charge in [0.15, 0.2) is 23.2 Å². The van der Waals surface area contributed by atoms with E-state index in [1.807, 2.05) is 30.3 Å². The molecule has 3 aromatic rings. The van der Waals surface area contributed by atoms with Gasteiger partial charge in [-0.1, -0.05) is 30.3 Å². The number of aliphatic hydroxyl groups excluding tert-OH is 3. The maximum atomic E-state index is 10.2. The van der Waals surface area contributed by atoms with Crippen LogP contribution in [0.25, 0.3) is 11.2 Å². The molecule has 1 unspecified atom stereocenters. The summed E-state index contributed by atoms with van der Waals surface area (Å²) in [6, 6.07) is 9.88. The summed E-state index contributed by atoms with van der Waals surface area (Å²) < 4.78 is 7.08. The minimum atomic E-state index is -1.19. The zero-order chi connectivity index (χ0) is 18.1. The Morgan fingerprint density at radius 1 is 1.08 bits per heavy atom. The molecule has 9 nitrogen and oxygen atoms in total. The highest BCUT2D eigenvalue weighted by atomic mass is 16.6. The number of imidazole rings is 1. The first-order valence-electron chi connectivity index (χ1n) is 8.27. The maximum absolute atomic E-state index is 10.2. The van der Waals surface area contributed by atoms with E-state index >= 15 is 0 Å². The van der Waals surface area contributed by atoms with Gasteiger partial charge in [-0.3, -0.25) is 4.57 Å². The van der Waals surface area contributed by atoms with Crippen molar-refractivity contribution in [2.24, 2.45) is 0 Å². The van der Waals surface area contributed by atoms with Gasteiger partial charge in [0.05, 0.1) is 12.9 Å². The number of hydrogen-bond donors (Lipinski definition) is 4. The number of benzene rings is 1. The largest absolute Gasteiger partial charge is 0.394 e. The monoisotopic (exact) mass is 357 g/mol. The van der Waals surface area contributed by atoms with Gasteiger partial charge in [-0.15, -0.1) is 0 Å². The van der Waals surface area contributed by atoms with Gasteiger partial charge in [-0.05, 0) is 5.56 Å². The lowest BCUT2D eigenvalue weighted by Gasteiger charge is -2.16. The standard InChI is InChI=1S/C17H19N5O4/c23-7-11-13(24)14(25)17(26-11)22-9-21-12-15(19-8-20-16(12)22)18-6-10-4-2-1-3-5-10/h1-5,8-9,11,13-14,17,23-25H,6-7H2,(H,18,19,20)/t11-,13?,14+,17-/m1/s1. The van der Waals surface area contributed by atoms with Crippen molar-refractivity contribution in [2.75, 3.05) is 11.9 Å². The van der Waals surface area contributed by atoms with Crippen molar-refractivity contribution in [3.8, 4) is 0 Å². The summed E-state index contributed by atoms with van der Waals surface area (Å²) in [6.07, 6.45) is -1.24. The number of hydrogen-bond acceptors (Lipinski definition) is 8. The Hall–Kier alpha value is -2.59. The average molecular weight is 357 g/mol. The molecule has 4 atom stereocenters. The lowest BCUT2D eigenvalue weighted by Crippen LogP contribution is -2.33. The van der Waals surface area contributed by atoms with Gasteiger partial charge in [0.1, 0.15) is 24.6 Å². The summed E-state index contributed by atoms with van der Waals surface area (Å²) in [5, 5.41) is 32.6. The quantitative estimate of drug-likeness (QED) is 0.505. The SMILES string of the molecule is OC[C@H]1O[C@@H](n2cnc3c(NCc4ccccc4)ncnc32)[C@@H](O)C1O. The predicted octanol–water partition coefficient (Wildman–Crippen LogP) is 0.0499. The number of fused-ring (bicyclic) bond motifs is 1. The molecule has 4 N–H and O–H groups in total. The molecule has 4 rings (SSSR count). The van der Waals surface area contributed by atoms with Crippen LogP contribution >= 0.6 is 0 Å². The van der Waals surface area contributed by atoms with Gasteiger partial charge in [0.2, 0.25) is 0 Å². The third-order valence-electron chi connectivity index (χ3n) is 4.45. The van der Waals surface area contributed by atoms with Crippen LogP contribution in [0.3, 0.4) is 0 Å². The molecule has 1 saturated heterocycles. The normalized spacial score (nSPS) is 25.7. The molecular formula is C17H19N5O4. The molecule has 0 amide bonds. The van der Waals surface area contributed by atoms with E-state index < -0.39 is 24.5 Å². The Morgan fingerprint density at radius 3 is 2.62 bits per heavy atom. The zero-order valence-corrected chi connectivity index (χ0v) is 13.8. The number of ether oxygens (including phenoxy) is 1. The molecule has 3 heterocycles. The van der Waals surface area contributed by atoms with Crippen LogP contribution in [0.15, 0.2) is 43.0 Å². The van der Waals surface area contributed by atoms with Crippen molar-refractivity contribution in [1.29, 1.82) is 0 Å². The van der Waals surface area contributed by atoms with Crippen LogP contribution in [-0.4, -0.2) is 59.8 Å². The van der Waals surface area contributed by atoms with E-state index in [0.717, 1.165) is 5.56 Å². The molecule has 26 heavy (non-hydrogen) atoms.